The van der Waals surface area contributed by atoms with Crippen molar-refractivity contribution >= 4 is 18.1 Å². The van der Waals surface area contributed by atoms with Crippen LogP contribution in [0.5, 0.6) is 0 Å². The van der Waals surface area contributed by atoms with Crippen molar-refractivity contribution in [3.05, 3.63) is 35.1 Å². The number of nitrogens with zero attached hydrogens (tertiary/aromatic N) is 3. The molecule has 1 fully saturated rings. The number of aromatic nitrogens is 3. The van der Waals surface area contributed by atoms with Gasteiger partial charge in [-0.2, -0.15) is 0 Å². The molecule has 0 bridgehead atoms. The highest BCUT2D eigenvalue weighted by molar-refractivity contribution is 7.71. The van der Waals surface area contributed by atoms with Gasteiger partial charge in [-0.3, -0.25) is 4.79 Å². The van der Waals surface area contributed by atoms with Gasteiger partial charge in [-0.05, 0) is 12.2 Å². The van der Waals surface area contributed by atoms with Gasteiger partial charge in [0, 0.05) is 19.5 Å². The maximum atomic E-state index is 11.6. The van der Waals surface area contributed by atoms with Crippen molar-refractivity contribution in [2.24, 2.45) is 7.05 Å². The summed E-state index contributed by atoms with van der Waals surface area (Å²) in [6.07, 6.45) is -4.77. The summed E-state index contributed by atoms with van der Waals surface area (Å²) in [5, 5.41) is 37.2. The number of hydrogen-bond acceptors (Lipinski definition) is 7. The Morgan fingerprint density at radius 1 is 1.30 bits per heavy atom. The first-order valence-corrected chi connectivity index (χ1v) is 8.86. The van der Waals surface area contributed by atoms with Crippen molar-refractivity contribution in [1.29, 1.82) is 0 Å². The third kappa shape index (κ3) is 3.66. The normalized spacial score (nSPS) is 28.1. The number of benzene rings is 1. The maximum absolute atomic E-state index is 11.6. The molecule has 3 rings (SSSR count). The average molecular weight is 394 g/mol. The molecule has 0 unspecified atom stereocenters. The molecule has 0 saturated carbocycles. The summed E-state index contributed by atoms with van der Waals surface area (Å²) < 4.78 is 9.10. The van der Waals surface area contributed by atoms with Crippen molar-refractivity contribution in [2.75, 3.05) is 6.61 Å². The monoisotopic (exact) mass is 394 g/mol. The van der Waals surface area contributed by atoms with Crippen LogP contribution >= 0.6 is 12.2 Å². The quantitative estimate of drug-likeness (QED) is 0.527. The van der Waals surface area contributed by atoms with Crippen LogP contribution in [0.2, 0.25) is 0 Å². The lowest BCUT2D eigenvalue weighted by Crippen LogP contribution is -2.62. The number of carbonyl (C=O) groups excluding carboxylic acids is 1. The number of rotatable bonds is 4. The number of hydrogen-bond donors (Lipinski definition) is 4. The van der Waals surface area contributed by atoms with Crippen LogP contribution in [-0.4, -0.2) is 66.5 Å². The highest BCUT2D eigenvalue weighted by Gasteiger charge is 2.46. The molecule has 1 saturated heterocycles. The van der Waals surface area contributed by atoms with Crippen molar-refractivity contribution in [2.45, 2.75) is 37.5 Å². The number of aliphatic hydroxyl groups is 3. The Morgan fingerprint density at radius 2 is 1.96 bits per heavy atom. The maximum Gasteiger partial charge on any atom is 0.217 e. The third-order valence-electron chi connectivity index (χ3n) is 4.55. The van der Waals surface area contributed by atoms with Gasteiger partial charge in [0.1, 0.15) is 24.4 Å². The van der Waals surface area contributed by atoms with E-state index >= 15 is 0 Å². The van der Waals surface area contributed by atoms with Gasteiger partial charge in [-0.25, -0.2) is 4.68 Å². The fourth-order valence-electron chi connectivity index (χ4n) is 3.16. The largest absolute Gasteiger partial charge is 0.394 e. The summed E-state index contributed by atoms with van der Waals surface area (Å²) in [5.74, 6) is 0.167. The van der Waals surface area contributed by atoms with Crippen LogP contribution in [0.3, 0.4) is 0 Å². The zero-order chi connectivity index (χ0) is 19.7. The van der Waals surface area contributed by atoms with Crippen LogP contribution in [0.4, 0.5) is 0 Å². The molecule has 1 amide bonds. The van der Waals surface area contributed by atoms with Crippen molar-refractivity contribution in [3.8, 4) is 11.4 Å². The van der Waals surface area contributed by atoms with Crippen LogP contribution < -0.4 is 5.32 Å². The highest BCUT2D eigenvalue weighted by Crippen LogP contribution is 2.29. The van der Waals surface area contributed by atoms with E-state index in [9.17, 15) is 20.1 Å². The Balaban J connectivity index is 2.06. The number of nitrogens with one attached hydrogen (secondary N) is 1. The Bertz CT molecular complexity index is 868. The summed E-state index contributed by atoms with van der Waals surface area (Å²) in [6.45, 7) is 0.786. The molecule has 2 heterocycles. The van der Waals surface area contributed by atoms with Crippen LogP contribution in [0.1, 0.15) is 13.2 Å². The zero-order valence-corrected chi connectivity index (χ0v) is 15.7. The summed E-state index contributed by atoms with van der Waals surface area (Å²) in [6, 6.07) is 8.39. The minimum atomic E-state index is -1.37. The molecule has 146 valence electrons. The third-order valence-corrected chi connectivity index (χ3v) is 5.01. The molecule has 5 atom stereocenters. The predicted molar refractivity (Wildman–Crippen MR) is 98.1 cm³/mol. The number of aliphatic hydroxyl groups excluding tert-OH is 3. The zero-order valence-electron chi connectivity index (χ0n) is 14.9. The summed E-state index contributed by atoms with van der Waals surface area (Å²) in [7, 11) is 1.75. The standard InChI is InChI=1S/C17H22N4O5S/c1-9(23)18-12-14(25)13(24)11(8-22)26-16(12)21-17(27)20(2)15(19-21)10-6-4-3-5-7-10/h3-7,11-14,16,22,24-25H,8H2,1-2H3,(H,18,23)/t11-,12-,13-,14-,16-/m1/s1. The van der Waals surface area contributed by atoms with Crippen molar-refractivity contribution in [3.63, 3.8) is 0 Å². The molecule has 1 aliphatic rings. The minimum absolute atomic E-state index is 0.300. The molecular formula is C17H22N4O5S. The Kier molecular flexibility index (Phi) is 5.72. The van der Waals surface area contributed by atoms with E-state index in [1.165, 1.54) is 11.6 Å². The fourth-order valence-corrected chi connectivity index (χ4v) is 3.39. The highest BCUT2D eigenvalue weighted by atomic mass is 32.1. The molecule has 1 aliphatic heterocycles. The van der Waals surface area contributed by atoms with Crippen LogP contribution in [-0.2, 0) is 16.6 Å². The molecule has 1 aromatic heterocycles. The predicted octanol–water partition coefficient (Wildman–Crippen LogP) is -0.266. The van der Waals surface area contributed by atoms with E-state index in [1.54, 1.807) is 11.6 Å². The lowest BCUT2D eigenvalue weighted by Gasteiger charge is -2.42. The first-order valence-electron chi connectivity index (χ1n) is 8.45. The Hall–Kier alpha value is -2.11. The molecular weight excluding hydrogens is 372 g/mol. The minimum Gasteiger partial charge on any atom is -0.394 e. The fraction of sp³-hybridized carbons (Fsp3) is 0.471. The van der Waals surface area contributed by atoms with Gasteiger partial charge in [-0.1, -0.05) is 30.3 Å². The number of amides is 1. The van der Waals surface area contributed by atoms with Gasteiger partial charge >= 0.3 is 0 Å². The topological polar surface area (TPSA) is 122 Å². The lowest BCUT2D eigenvalue weighted by molar-refractivity contribution is -0.219. The van der Waals surface area contributed by atoms with E-state index in [2.05, 4.69) is 10.4 Å². The number of ether oxygens (including phenoxy) is 1. The van der Waals surface area contributed by atoms with Crippen molar-refractivity contribution < 1.29 is 24.9 Å². The Morgan fingerprint density at radius 3 is 2.56 bits per heavy atom. The second kappa shape index (κ2) is 7.87. The molecule has 0 aliphatic carbocycles. The van der Waals surface area contributed by atoms with E-state index < -0.39 is 43.1 Å². The first kappa shape index (κ1) is 19.6. The Labute approximate surface area is 160 Å². The molecule has 27 heavy (non-hydrogen) atoms. The molecule has 4 N–H and O–H groups in total. The molecule has 0 spiro atoms. The van der Waals surface area contributed by atoms with Gasteiger partial charge in [0.25, 0.3) is 0 Å². The van der Waals surface area contributed by atoms with E-state index in [-0.39, 0.29) is 0 Å². The second-order valence-corrected chi connectivity index (χ2v) is 6.80. The first-order chi connectivity index (χ1) is 12.8. The van der Waals surface area contributed by atoms with Crippen LogP contribution in [0.25, 0.3) is 11.4 Å². The van der Waals surface area contributed by atoms with E-state index in [0.29, 0.717) is 10.6 Å². The smallest absolute Gasteiger partial charge is 0.217 e. The molecule has 1 aromatic carbocycles. The lowest BCUT2D eigenvalue weighted by atomic mass is 9.96. The second-order valence-electron chi connectivity index (χ2n) is 6.43. The molecule has 9 nitrogen and oxygen atoms in total. The van der Waals surface area contributed by atoms with Gasteiger partial charge in [0.15, 0.2) is 16.8 Å². The van der Waals surface area contributed by atoms with Gasteiger partial charge in [-0.15, -0.1) is 5.10 Å². The average Bonchev–Trinajstić information content (AvgIpc) is 2.95. The summed E-state index contributed by atoms with van der Waals surface area (Å²) >= 11 is 5.47. The molecule has 10 heteroatoms. The SMILES string of the molecule is CC(=O)N[C@@H]1[C@@H](O)[C@H](O)[C@@H](CO)O[C@H]1n1nc(-c2ccccc2)n(C)c1=S. The number of carbonyl (C=O) groups is 1. The van der Waals surface area contributed by atoms with E-state index in [1.807, 2.05) is 30.3 Å². The van der Waals surface area contributed by atoms with E-state index in [4.69, 9.17) is 17.0 Å². The van der Waals surface area contributed by atoms with E-state index in [0.717, 1.165) is 5.56 Å². The van der Waals surface area contributed by atoms with Crippen molar-refractivity contribution in [1.82, 2.24) is 19.7 Å². The molecule has 2 aromatic rings. The van der Waals surface area contributed by atoms with Gasteiger partial charge in [0.05, 0.1) is 6.61 Å². The van der Waals surface area contributed by atoms with Gasteiger partial charge in [0.2, 0.25) is 5.91 Å². The van der Waals surface area contributed by atoms with Crippen LogP contribution in [0.15, 0.2) is 30.3 Å². The summed E-state index contributed by atoms with van der Waals surface area (Å²) in [5.41, 5.74) is 0.830. The summed E-state index contributed by atoms with van der Waals surface area (Å²) in [4.78, 5) is 11.6. The van der Waals surface area contributed by atoms with Crippen LogP contribution in [0, 0.1) is 4.77 Å². The molecule has 0 radical (unpaired) electrons. The van der Waals surface area contributed by atoms with Gasteiger partial charge < -0.3 is 29.9 Å².